The standard InChI is InChI=1S/C54H36N2/c1-35-41-20-5-7-22-43(41)52(44-23-8-6-21-42(35)44)38-16-15-17-39(34-38)53-47-26-11-9-24-45(47)51(46-25-10-12-27-48(46)53)36-30-32-37(33-31-36)54-55-49-28-13-14-29-50(49)56(54)40-18-3-2-4-19-40/h2-34H,1H3. The highest BCUT2D eigenvalue weighted by atomic mass is 15.1. The van der Waals surface area contributed by atoms with Gasteiger partial charge < -0.3 is 0 Å². The van der Waals surface area contributed by atoms with Crippen molar-refractivity contribution in [2.75, 3.05) is 0 Å². The van der Waals surface area contributed by atoms with Crippen LogP contribution < -0.4 is 0 Å². The molecule has 0 fully saturated rings. The van der Waals surface area contributed by atoms with Crippen LogP contribution in [0.2, 0.25) is 0 Å². The molecule has 11 aromatic rings. The van der Waals surface area contributed by atoms with Crippen LogP contribution in [0.4, 0.5) is 0 Å². The molecule has 0 spiro atoms. The third-order valence-corrected chi connectivity index (χ3v) is 11.6. The van der Waals surface area contributed by atoms with Crippen molar-refractivity contribution in [2.24, 2.45) is 0 Å². The van der Waals surface area contributed by atoms with Crippen LogP contribution in [-0.4, -0.2) is 9.55 Å². The van der Waals surface area contributed by atoms with E-state index in [1.54, 1.807) is 0 Å². The lowest BCUT2D eigenvalue weighted by atomic mass is 9.84. The maximum Gasteiger partial charge on any atom is 0.145 e. The molecule has 2 heteroatoms. The minimum Gasteiger partial charge on any atom is -0.292 e. The molecule has 0 unspecified atom stereocenters. The van der Waals surface area contributed by atoms with Crippen molar-refractivity contribution in [1.82, 2.24) is 9.55 Å². The van der Waals surface area contributed by atoms with Gasteiger partial charge in [0.15, 0.2) is 0 Å². The van der Waals surface area contributed by atoms with Gasteiger partial charge in [0.2, 0.25) is 0 Å². The van der Waals surface area contributed by atoms with Gasteiger partial charge in [0.05, 0.1) is 11.0 Å². The molecule has 2 nitrogen and oxygen atoms in total. The summed E-state index contributed by atoms with van der Waals surface area (Å²) >= 11 is 0. The van der Waals surface area contributed by atoms with Gasteiger partial charge in [-0.3, -0.25) is 4.57 Å². The molecule has 0 atom stereocenters. The maximum absolute atomic E-state index is 5.14. The van der Waals surface area contributed by atoms with Crippen LogP contribution in [0.25, 0.3) is 105 Å². The lowest BCUT2D eigenvalue weighted by molar-refractivity contribution is 1.10. The van der Waals surface area contributed by atoms with Gasteiger partial charge in [0, 0.05) is 11.3 Å². The Morgan fingerprint density at radius 1 is 0.339 bits per heavy atom. The first-order valence-electron chi connectivity index (χ1n) is 19.3. The Bertz CT molecular complexity index is 3180. The van der Waals surface area contributed by atoms with Crippen molar-refractivity contribution >= 4 is 54.1 Å². The average Bonchev–Trinajstić information content (AvgIpc) is 3.66. The summed E-state index contributed by atoms with van der Waals surface area (Å²) in [5.41, 5.74) is 13.0. The van der Waals surface area contributed by atoms with Gasteiger partial charge >= 0.3 is 0 Å². The molecular formula is C54H36N2. The van der Waals surface area contributed by atoms with Gasteiger partial charge in [0.25, 0.3) is 0 Å². The molecule has 11 rings (SSSR count). The van der Waals surface area contributed by atoms with Crippen LogP contribution in [0.1, 0.15) is 5.56 Å². The lowest BCUT2D eigenvalue weighted by Crippen LogP contribution is -1.97. The number of aromatic nitrogens is 2. The van der Waals surface area contributed by atoms with Crippen molar-refractivity contribution in [1.29, 1.82) is 0 Å². The van der Waals surface area contributed by atoms with E-state index in [0.717, 1.165) is 28.1 Å². The van der Waals surface area contributed by atoms with E-state index in [2.05, 4.69) is 212 Å². The monoisotopic (exact) mass is 712 g/mol. The number of hydrogen-bond donors (Lipinski definition) is 0. The quantitative estimate of drug-likeness (QED) is 0.162. The number of benzene rings is 10. The third kappa shape index (κ3) is 5.00. The summed E-state index contributed by atoms with van der Waals surface area (Å²) in [4.78, 5) is 5.14. The summed E-state index contributed by atoms with van der Waals surface area (Å²) in [6.45, 7) is 2.25. The first-order valence-corrected chi connectivity index (χ1v) is 19.3. The first-order chi connectivity index (χ1) is 27.7. The molecule has 0 aliphatic heterocycles. The van der Waals surface area contributed by atoms with Crippen LogP contribution >= 0.6 is 0 Å². The number of para-hydroxylation sites is 3. The molecule has 0 amide bonds. The number of imidazole rings is 1. The normalized spacial score (nSPS) is 11.7. The molecule has 0 aliphatic carbocycles. The van der Waals surface area contributed by atoms with Crippen LogP contribution in [0.5, 0.6) is 0 Å². The molecule has 0 bridgehead atoms. The molecule has 1 heterocycles. The molecule has 0 radical (unpaired) electrons. The van der Waals surface area contributed by atoms with Crippen LogP contribution in [-0.2, 0) is 0 Å². The van der Waals surface area contributed by atoms with E-state index >= 15 is 0 Å². The smallest absolute Gasteiger partial charge is 0.145 e. The minimum absolute atomic E-state index is 0.933. The Hall–Kier alpha value is -7.29. The zero-order valence-electron chi connectivity index (χ0n) is 30.9. The zero-order valence-corrected chi connectivity index (χ0v) is 30.9. The summed E-state index contributed by atoms with van der Waals surface area (Å²) in [5, 5.41) is 10.1. The second-order valence-corrected chi connectivity index (χ2v) is 14.7. The number of rotatable bonds is 5. The highest BCUT2D eigenvalue weighted by Crippen LogP contribution is 2.46. The fraction of sp³-hybridized carbons (Fsp3) is 0.0185. The first kappa shape index (κ1) is 32.2. The maximum atomic E-state index is 5.14. The van der Waals surface area contributed by atoms with Gasteiger partial charge in [-0.1, -0.05) is 170 Å². The van der Waals surface area contributed by atoms with Crippen molar-refractivity contribution in [2.45, 2.75) is 6.92 Å². The summed E-state index contributed by atoms with van der Waals surface area (Å²) in [7, 11) is 0. The molecule has 10 aromatic carbocycles. The SMILES string of the molecule is Cc1c2ccccc2c(-c2cccc(-c3c4ccccc4c(-c4ccc(-c5nc6ccccc6n5-c5ccccc5)cc4)c4ccccc34)c2)c2ccccc12. The Kier molecular flexibility index (Phi) is 7.43. The number of fused-ring (bicyclic) bond motifs is 5. The van der Waals surface area contributed by atoms with Crippen molar-refractivity contribution in [3.63, 3.8) is 0 Å². The molecule has 0 saturated carbocycles. The van der Waals surface area contributed by atoms with E-state index in [-0.39, 0.29) is 0 Å². The fourth-order valence-corrected chi connectivity index (χ4v) is 9.08. The average molecular weight is 713 g/mol. The largest absolute Gasteiger partial charge is 0.292 e. The van der Waals surface area contributed by atoms with Crippen molar-refractivity contribution in [3.8, 4) is 50.5 Å². The lowest BCUT2D eigenvalue weighted by Gasteiger charge is -2.19. The van der Waals surface area contributed by atoms with Crippen LogP contribution in [0.15, 0.2) is 200 Å². The van der Waals surface area contributed by atoms with E-state index in [9.17, 15) is 0 Å². The Morgan fingerprint density at radius 2 is 0.750 bits per heavy atom. The third-order valence-electron chi connectivity index (χ3n) is 11.6. The van der Waals surface area contributed by atoms with Gasteiger partial charge in [-0.25, -0.2) is 4.98 Å². The number of hydrogen-bond acceptors (Lipinski definition) is 1. The molecule has 262 valence electrons. The highest BCUT2D eigenvalue weighted by molar-refractivity contribution is 6.22. The minimum atomic E-state index is 0.933. The fourth-order valence-electron chi connectivity index (χ4n) is 9.08. The Labute approximate surface area is 325 Å². The zero-order chi connectivity index (χ0) is 37.2. The van der Waals surface area contributed by atoms with E-state index in [1.807, 2.05) is 0 Å². The molecular weight excluding hydrogens is 677 g/mol. The van der Waals surface area contributed by atoms with Gasteiger partial charge in [-0.15, -0.1) is 0 Å². The molecule has 0 saturated heterocycles. The summed E-state index contributed by atoms with van der Waals surface area (Å²) in [6.07, 6.45) is 0. The number of aryl methyl sites for hydroxylation is 1. The molecule has 56 heavy (non-hydrogen) atoms. The Balaban J connectivity index is 1.10. The molecule has 0 aliphatic rings. The molecule has 1 aromatic heterocycles. The summed E-state index contributed by atoms with van der Waals surface area (Å²) in [5.74, 6) is 0.933. The summed E-state index contributed by atoms with van der Waals surface area (Å²) < 4.78 is 2.26. The van der Waals surface area contributed by atoms with Crippen LogP contribution in [0, 0.1) is 6.92 Å². The number of nitrogens with zero attached hydrogens (tertiary/aromatic N) is 2. The molecule has 0 N–H and O–H groups in total. The summed E-state index contributed by atoms with van der Waals surface area (Å²) in [6, 6.07) is 72.6. The highest BCUT2D eigenvalue weighted by Gasteiger charge is 2.20. The van der Waals surface area contributed by atoms with E-state index < -0.39 is 0 Å². The van der Waals surface area contributed by atoms with Gasteiger partial charge in [0.1, 0.15) is 5.82 Å². The van der Waals surface area contributed by atoms with Gasteiger partial charge in [-0.2, -0.15) is 0 Å². The second-order valence-electron chi connectivity index (χ2n) is 14.7. The van der Waals surface area contributed by atoms with Crippen molar-refractivity contribution < 1.29 is 0 Å². The van der Waals surface area contributed by atoms with E-state index in [4.69, 9.17) is 4.98 Å². The van der Waals surface area contributed by atoms with E-state index in [1.165, 1.54) is 82.0 Å². The predicted molar refractivity (Wildman–Crippen MR) is 238 cm³/mol. The second kappa shape index (κ2) is 12.9. The topological polar surface area (TPSA) is 17.8 Å². The van der Waals surface area contributed by atoms with Crippen molar-refractivity contribution in [3.05, 3.63) is 206 Å². The van der Waals surface area contributed by atoms with Crippen LogP contribution in [0.3, 0.4) is 0 Å². The van der Waals surface area contributed by atoms with E-state index in [0.29, 0.717) is 0 Å². The Morgan fingerprint density at radius 3 is 1.29 bits per heavy atom. The van der Waals surface area contributed by atoms with Gasteiger partial charge in [-0.05, 0) is 119 Å². The predicted octanol–water partition coefficient (Wildman–Crippen LogP) is 14.6.